The van der Waals surface area contributed by atoms with E-state index >= 15 is 0 Å². The lowest BCUT2D eigenvalue weighted by molar-refractivity contribution is 0.0569. The predicted octanol–water partition coefficient (Wildman–Crippen LogP) is 2.09. The molecule has 40 heavy (non-hydrogen) atoms. The Bertz CT molecular complexity index is 1580. The monoisotopic (exact) mass is 571 g/mol. The summed E-state index contributed by atoms with van der Waals surface area (Å²) in [4.78, 5) is 46.4. The number of piperazine rings is 2. The van der Waals surface area contributed by atoms with Crippen molar-refractivity contribution in [1.82, 2.24) is 19.1 Å². The van der Waals surface area contributed by atoms with Gasteiger partial charge in [-0.25, -0.2) is 17.6 Å². The van der Waals surface area contributed by atoms with Crippen LogP contribution in [-0.4, -0.2) is 98.5 Å². The molecule has 0 unspecified atom stereocenters. The van der Waals surface area contributed by atoms with Crippen molar-refractivity contribution in [3.05, 3.63) is 70.3 Å². The summed E-state index contributed by atoms with van der Waals surface area (Å²) in [5.41, 5.74) is 0.563. The van der Waals surface area contributed by atoms with Crippen LogP contribution in [0.25, 0.3) is 10.9 Å². The molecular formula is C27H30FN5O6S. The van der Waals surface area contributed by atoms with E-state index in [0.717, 1.165) is 5.69 Å². The first kappa shape index (κ1) is 27.6. The Kier molecular flexibility index (Phi) is 7.76. The van der Waals surface area contributed by atoms with Crippen molar-refractivity contribution in [3.63, 3.8) is 0 Å². The number of amides is 2. The van der Waals surface area contributed by atoms with E-state index in [9.17, 15) is 27.2 Å². The van der Waals surface area contributed by atoms with Gasteiger partial charge in [-0.15, -0.1) is 0 Å². The van der Waals surface area contributed by atoms with Gasteiger partial charge < -0.3 is 24.4 Å². The van der Waals surface area contributed by atoms with Gasteiger partial charge in [0.15, 0.2) is 0 Å². The van der Waals surface area contributed by atoms with Crippen molar-refractivity contribution in [3.8, 4) is 0 Å². The summed E-state index contributed by atoms with van der Waals surface area (Å²) in [6.45, 7) is 4.35. The molecule has 0 saturated carbocycles. The van der Waals surface area contributed by atoms with E-state index in [1.807, 2.05) is 4.90 Å². The molecule has 2 amide bonds. The standard InChI is InChI=1S/C27H30FN5O6S/c1-2-39-27(36)32-11-9-31(10-12-32)26(35)23-18-29-24-8-7-21(17-22(24)25(23)34)40(37,38)33-15-13-30(14-16-33)20-5-3-19(28)4-6-20/h3-8,17-18H,2,9-16H2,1H3,(H,29,34). The van der Waals surface area contributed by atoms with Crippen molar-refractivity contribution in [2.24, 2.45) is 0 Å². The zero-order chi connectivity index (χ0) is 28.4. The normalized spacial score (nSPS) is 16.8. The molecule has 212 valence electrons. The Morgan fingerprint density at radius 2 is 1.57 bits per heavy atom. The molecule has 0 spiro atoms. The van der Waals surface area contributed by atoms with Crippen LogP contribution in [0.3, 0.4) is 0 Å². The Hall–Kier alpha value is -3.97. The number of benzene rings is 2. The molecule has 1 aromatic heterocycles. The van der Waals surface area contributed by atoms with E-state index in [1.165, 1.54) is 50.6 Å². The molecule has 2 aliphatic rings. The van der Waals surface area contributed by atoms with E-state index in [0.29, 0.717) is 18.6 Å². The third-order valence-electron chi connectivity index (χ3n) is 7.24. The molecular weight excluding hydrogens is 541 g/mol. The first-order valence-corrected chi connectivity index (χ1v) is 14.5. The fourth-order valence-electron chi connectivity index (χ4n) is 4.98. The molecule has 13 heteroatoms. The van der Waals surface area contributed by atoms with Gasteiger partial charge in [0, 0.05) is 75.1 Å². The molecule has 3 heterocycles. The first-order valence-electron chi connectivity index (χ1n) is 13.1. The molecule has 1 N–H and O–H groups in total. The van der Waals surface area contributed by atoms with Crippen LogP contribution in [0.1, 0.15) is 17.3 Å². The molecule has 2 saturated heterocycles. The van der Waals surface area contributed by atoms with Crippen LogP contribution in [0, 0.1) is 5.82 Å². The van der Waals surface area contributed by atoms with Gasteiger partial charge in [-0.1, -0.05) is 0 Å². The van der Waals surface area contributed by atoms with E-state index < -0.39 is 27.5 Å². The highest BCUT2D eigenvalue weighted by molar-refractivity contribution is 7.89. The van der Waals surface area contributed by atoms with E-state index in [-0.39, 0.29) is 67.5 Å². The number of carbonyl (C=O) groups excluding carboxylic acids is 2. The maximum absolute atomic E-state index is 13.5. The molecule has 5 rings (SSSR count). The smallest absolute Gasteiger partial charge is 0.409 e. The third-order valence-corrected chi connectivity index (χ3v) is 9.14. The predicted molar refractivity (Wildman–Crippen MR) is 146 cm³/mol. The molecule has 0 aliphatic carbocycles. The molecule has 11 nitrogen and oxygen atoms in total. The van der Waals surface area contributed by atoms with Crippen molar-refractivity contribution in [2.45, 2.75) is 11.8 Å². The molecule has 0 radical (unpaired) electrons. The number of nitrogens with one attached hydrogen (secondary N) is 1. The minimum Gasteiger partial charge on any atom is -0.450 e. The van der Waals surface area contributed by atoms with Crippen LogP contribution < -0.4 is 10.3 Å². The minimum atomic E-state index is -3.91. The van der Waals surface area contributed by atoms with Crippen molar-refractivity contribution < 1.29 is 27.1 Å². The Balaban J connectivity index is 1.32. The zero-order valence-electron chi connectivity index (χ0n) is 22.0. The second kappa shape index (κ2) is 11.3. The SMILES string of the molecule is CCOC(=O)N1CCN(C(=O)c2c[nH]c3ccc(S(=O)(=O)N4CCN(c5ccc(F)cc5)CC4)cc3c2=O)CC1. The molecule has 0 atom stereocenters. The topological polar surface area (TPSA) is 123 Å². The highest BCUT2D eigenvalue weighted by Crippen LogP contribution is 2.23. The summed E-state index contributed by atoms with van der Waals surface area (Å²) in [6.07, 6.45) is 0.900. The summed E-state index contributed by atoms with van der Waals surface area (Å²) in [6, 6.07) is 10.3. The van der Waals surface area contributed by atoms with E-state index in [2.05, 4.69) is 4.98 Å². The fraction of sp³-hybridized carbons (Fsp3) is 0.370. The number of halogens is 1. The molecule has 3 aromatic rings. The van der Waals surface area contributed by atoms with Crippen LogP contribution in [0.15, 0.2) is 58.4 Å². The zero-order valence-corrected chi connectivity index (χ0v) is 22.8. The number of H-pyrrole nitrogens is 1. The molecule has 2 fully saturated rings. The van der Waals surface area contributed by atoms with Crippen LogP contribution in [0.4, 0.5) is 14.9 Å². The van der Waals surface area contributed by atoms with Crippen molar-refractivity contribution >= 4 is 38.6 Å². The van der Waals surface area contributed by atoms with Crippen molar-refractivity contribution in [1.29, 1.82) is 0 Å². The number of aromatic amines is 1. The van der Waals surface area contributed by atoms with Crippen LogP contribution in [0.2, 0.25) is 0 Å². The number of carbonyl (C=O) groups is 2. The van der Waals surface area contributed by atoms with Gasteiger partial charge >= 0.3 is 6.09 Å². The molecule has 2 aromatic carbocycles. The molecule has 0 bridgehead atoms. The largest absolute Gasteiger partial charge is 0.450 e. The van der Waals surface area contributed by atoms with Crippen LogP contribution >= 0.6 is 0 Å². The number of hydrogen-bond donors (Lipinski definition) is 1. The van der Waals surface area contributed by atoms with Gasteiger partial charge in [0.25, 0.3) is 5.91 Å². The summed E-state index contributed by atoms with van der Waals surface area (Å²) in [7, 11) is -3.91. The van der Waals surface area contributed by atoms with E-state index in [4.69, 9.17) is 4.74 Å². The minimum absolute atomic E-state index is 0.0339. The van der Waals surface area contributed by atoms with Gasteiger partial charge in [-0.3, -0.25) is 9.59 Å². The molecule has 2 aliphatic heterocycles. The second-order valence-electron chi connectivity index (χ2n) is 9.58. The summed E-state index contributed by atoms with van der Waals surface area (Å²) < 4.78 is 46.5. The number of anilines is 1. The number of aromatic nitrogens is 1. The van der Waals surface area contributed by atoms with Gasteiger partial charge in [0.05, 0.1) is 11.5 Å². The van der Waals surface area contributed by atoms with Crippen LogP contribution in [-0.2, 0) is 14.8 Å². The number of nitrogens with zero attached hydrogens (tertiary/aromatic N) is 4. The Labute approximate surface area is 230 Å². The summed E-state index contributed by atoms with van der Waals surface area (Å²) >= 11 is 0. The van der Waals surface area contributed by atoms with Gasteiger partial charge in [0.2, 0.25) is 15.5 Å². The fourth-order valence-corrected chi connectivity index (χ4v) is 6.43. The highest BCUT2D eigenvalue weighted by Gasteiger charge is 2.30. The maximum atomic E-state index is 13.5. The maximum Gasteiger partial charge on any atom is 0.409 e. The number of hydrogen-bond acceptors (Lipinski definition) is 7. The summed E-state index contributed by atoms with van der Waals surface area (Å²) in [5, 5.41) is 0.0991. The Morgan fingerprint density at radius 1 is 0.925 bits per heavy atom. The quantitative estimate of drug-likeness (QED) is 0.498. The van der Waals surface area contributed by atoms with Crippen LogP contribution in [0.5, 0.6) is 0 Å². The lowest BCUT2D eigenvalue weighted by Gasteiger charge is -2.35. The van der Waals surface area contributed by atoms with E-state index in [1.54, 1.807) is 19.1 Å². The lowest BCUT2D eigenvalue weighted by Crippen LogP contribution is -2.51. The number of rotatable bonds is 5. The third kappa shape index (κ3) is 5.39. The Morgan fingerprint density at radius 3 is 2.23 bits per heavy atom. The lowest BCUT2D eigenvalue weighted by atomic mass is 10.1. The number of fused-ring (bicyclic) bond motifs is 1. The average molecular weight is 572 g/mol. The number of pyridine rings is 1. The van der Waals surface area contributed by atoms with Gasteiger partial charge in [-0.05, 0) is 49.4 Å². The number of ether oxygens (including phenoxy) is 1. The first-order chi connectivity index (χ1) is 19.2. The second-order valence-corrected chi connectivity index (χ2v) is 11.5. The average Bonchev–Trinajstić information content (AvgIpc) is 2.97. The number of sulfonamides is 1. The van der Waals surface area contributed by atoms with Gasteiger partial charge in [0.1, 0.15) is 11.4 Å². The summed E-state index contributed by atoms with van der Waals surface area (Å²) in [5.74, 6) is -0.825. The highest BCUT2D eigenvalue weighted by atomic mass is 32.2. The van der Waals surface area contributed by atoms with Crippen molar-refractivity contribution in [2.75, 3.05) is 63.9 Å². The van der Waals surface area contributed by atoms with Gasteiger partial charge in [-0.2, -0.15) is 4.31 Å².